The first-order valence-corrected chi connectivity index (χ1v) is 10.2. The molecule has 1 fully saturated rings. The Kier molecular flexibility index (Phi) is 6.82. The van der Waals surface area contributed by atoms with E-state index < -0.39 is 4.92 Å². The molecule has 0 unspecified atom stereocenters. The molecule has 1 aliphatic rings. The number of hydrogen-bond donors (Lipinski definition) is 3. The van der Waals surface area contributed by atoms with Crippen LogP contribution >= 0.6 is 0 Å². The molecule has 3 N–H and O–H groups in total. The summed E-state index contributed by atoms with van der Waals surface area (Å²) in [5.41, 5.74) is 2.97. The molecule has 3 rings (SSSR count). The summed E-state index contributed by atoms with van der Waals surface area (Å²) < 4.78 is 0. The summed E-state index contributed by atoms with van der Waals surface area (Å²) in [5.74, 6) is -0.317. The quantitative estimate of drug-likeness (QED) is 0.425. The molecule has 1 aliphatic carbocycles. The van der Waals surface area contributed by atoms with Crippen LogP contribution < -0.4 is 15.5 Å². The Morgan fingerprint density at radius 3 is 2.34 bits per heavy atom. The molecule has 29 heavy (non-hydrogen) atoms. The lowest BCUT2D eigenvalue weighted by Crippen LogP contribution is -3.10. The van der Waals surface area contributed by atoms with E-state index in [9.17, 15) is 14.9 Å². The number of nitro benzene ring substituents is 1. The Morgan fingerprint density at radius 1 is 1.10 bits per heavy atom. The Bertz CT molecular complexity index is 859. The van der Waals surface area contributed by atoms with Crippen LogP contribution in [0.2, 0.25) is 0 Å². The Labute approximate surface area is 171 Å². The zero-order valence-corrected chi connectivity index (χ0v) is 17.0. The number of benzene rings is 2. The SMILES string of the molecule is CC[NH+](CC)Cc1ccc(CNC(=O)c2ccc(NC3CC3)c([N+](=O)[O-])c2)cc1. The monoisotopic (exact) mass is 397 g/mol. The van der Waals surface area contributed by atoms with Crippen LogP contribution in [-0.4, -0.2) is 30.0 Å². The van der Waals surface area contributed by atoms with Crippen molar-refractivity contribution in [3.8, 4) is 0 Å². The normalized spacial score (nSPS) is 13.3. The number of nitro groups is 1. The maximum atomic E-state index is 12.5. The van der Waals surface area contributed by atoms with Crippen molar-refractivity contribution >= 4 is 17.3 Å². The van der Waals surface area contributed by atoms with Gasteiger partial charge in [0.05, 0.1) is 18.0 Å². The van der Waals surface area contributed by atoms with Crippen molar-refractivity contribution < 1.29 is 14.6 Å². The molecule has 0 heterocycles. The maximum absolute atomic E-state index is 12.5. The largest absolute Gasteiger partial charge is 0.377 e. The van der Waals surface area contributed by atoms with Crippen LogP contribution in [0.5, 0.6) is 0 Å². The van der Waals surface area contributed by atoms with Gasteiger partial charge in [-0.1, -0.05) is 24.3 Å². The summed E-state index contributed by atoms with van der Waals surface area (Å²) in [4.78, 5) is 24.9. The van der Waals surface area contributed by atoms with Crippen LogP contribution in [0.1, 0.15) is 48.2 Å². The Balaban J connectivity index is 1.60. The number of nitrogens with zero attached hydrogens (tertiary/aromatic N) is 1. The molecule has 0 bridgehead atoms. The summed E-state index contributed by atoms with van der Waals surface area (Å²) in [6.07, 6.45) is 2.04. The lowest BCUT2D eigenvalue weighted by molar-refractivity contribution is -0.910. The van der Waals surface area contributed by atoms with Crippen molar-refractivity contribution in [2.45, 2.75) is 45.8 Å². The summed E-state index contributed by atoms with van der Waals surface area (Å²) in [7, 11) is 0. The number of hydrogen-bond acceptors (Lipinski definition) is 4. The second-order valence-corrected chi connectivity index (χ2v) is 7.54. The van der Waals surface area contributed by atoms with E-state index in [1.807, 2.05) is 12.1 Å². The average Bonchev–Trinajstić information content (AvgIpc) is 3.55. The predicted molar refractivity (Wildman–Crippen MR) is 113 cm³/mol. The van der Waals surface area contributed by atoms with Gasteiger partial charge in [-0.05, 0) is 44.4 Å². The van der Waals surface area contributed by atoms with E-state index in [1.54, 1.807) is 12.1 Å². The first-order chi connectivity index (χ1) is 14.0. The number of carbonyl (C=O) groups is 1. The standard InChI is InChI=1S/C22H28N4O3/c1-3-25(4-2)15-17-7-5-16(6-8-17)14-23-22(27)18-9-12-20(24-19-10-11-19)21(13-18)26(28)29/h5-9,12-13,19,24H,3-4,10-11,14-15H2,1-2H3,(H,23,27)/p+1. The highest BCUT2D eigenvalue weighted by molar-refractivity contribution is 5.95. The molecule has 2 aromatic rings. The fourth-order valence-electron chi connectivity index (χ4n) is 3.24. The second kappa shape index (κ2) is 9.52. The highest BCUT2D eigenvalue weighted by Crippen LogP contribution is 2.31. The third-order valence-electron chi connectivity index (χ3n) is 5.32. The number of carbonyl (C=O) groups excluding carboxylic acids is 1. The van der Waals surface area contributed by atoms with Gasteiger partial charge in [0.15, 0.2) is 0 Å². The minimum absolute atomic E-state index is 0.0622. The second-order valence-electron chi connectivity index (χ2n) is 7.54. The summed E-state index contributed by atoms with van der Waals surface area (Å²) >= 11 is 0. The summed E-state index contributed by atoms with van der Waals surface area (Å²) in [6.45, 7) is 7.92. The van der Waals surface area contributed by atoms with Gasteiger partial charge >= 0.3 is 0 Å². The van der Waals surface area contributed by atoms with Crippen molar-refractivity contribution in [2.75, 3.05) is 18.4 Å². The van der Waals surface area contributed by atoms with Gasteiger partial charge < -0.3 is 15.5 Å². The molecule has 0 atom stereocenters. The molecular weight excluding hydrogens is 368 g/mol. The highest BCUT2D eigenvalue weighted by Gasteiger charge is 2.25. The smallest absolute Gasteiger partial charge is 0.293 e. The minimum atomic E-state index is -0.446. The van der Waals surface area contributed by atoms with Crippen LogP contribution in [0.25, 0.3) is 0 Å². The van der Waals surface area contributed by atoms with Gasteiger partial charge in [-0.3, -0.25) is 14.9 Å². The van der Waals surface area contributed by atoms with Gasteiger partial charge in [0.25, 0.3) is 11.6 Å². The van der Waals surface area contributed by atoms with E-state index in [1.165, 1.54) is 16.5 Å². The third-order valence-corrected chi connectivity index (χ3v) is 5.32. The van der Waals surface area contributed by atoms with E-state index in [4.69, 9.17) is 0 Å². The zero-order valence-electron chi connectivity index (χ0n) is 17.0. The number of quaternary nitrogens is 1. The fourth-order valence-corrected chi connectivity index (χ4v) is 3.24. The van der Waals surface area contributed by atoms with Crippen LogP contribution in [0, 0.1) is 10.1 Å². The third kappa shape index (κ3) is 5.77. The minimum Gasteiger partial charge on any atom is -0.377 e. The molecule has 1 saturated carbocycles. The molecule has 0 aliphatic heterocycles. The van der Waals surface area contributed by atoms with Crippen LogP contribution in [0.4, 0.5) is 11.4 Å². The van der Waals surface area contributed by atoms with Gasteiger partial charge in [0, 0.05) is 29.8 Å². The molecule has 7 nitrogen and oxygen atoms in total. The summed E-state index contributed by atoms with van der Waals surface area (Å²) in [6, 6.07) is 13.1. The topological polar surface area (TPSA) is 88.7 Å². The first kappa shape index (κ1) is 20.8. The Morgan fingerprint density at radius 2 is 1.76 bits per heavy atom. The van der Waals surface area contributed by atoms with Gasteiger partial charge in [0.2, 0.25) is 0 Å². The number of nitrogens with one attached hydrogen (secondary N) is 3. The number of amides is 1. The average molecular weight is 397 g/mol. The lowest BCUT2D eigenvalue weighted by atomic mass is 10.1. The zero-order chi connectivity index (χ0) is 20.8. The van der Waals surface area contributed by atoms with Crippen molar-refractivity contribution in [1.82, 2.24) is 5.32 Å². The Hall–Kier alpha value is -2.93. The molecular formula is C22H29N4O3+. The highest BCUT2D eigenvalue weighted by atomic mass is 16.6. The van der Waals surface area contributed by atoms with Gasteiger partial charge in [-0.2, -0.15) is 0 Å². The van der Waals surface area contributed by atoms with Crippen LogP contribution in [0.15, 0.2) is 42.5 Å². The van der Waals surface area contributed by atoms with E-state index in [-0.39, 0.29) is 11.6 Å². The molecule has 0 spiro atoms. The van der Waals surface area contributed by atoms with Crippen LogP contribution in [0.3, 0.4) is 0 Å². The van der Waals surface area contributed by atoms with E-state index >= 15 is 0 Å². The van der Waals surface area contributed by atoms with Crippen molar-refractivity contribution in [1.29, 1.82) is 0 Å². The van der Waals surface area contributed by atoms with Crippen LogP contribution in [-0.2, 0) is 13.1 Å². The predicted octanol–water partition coefficient (Wildman–Crippen LogP) is 2.52. The summed E-state index contributed by atoms with van der Waals surface area (Å²) in [5, 5.41) is 17.4. The van der Waals surface area contributed by atoms with E-state index in [0.29, 0.717) is 23.8 Å². The molecule has 2 aromatic carbocycles. The molecule has 0 saturated heterocycles. The van der Waals surface area contributed by atoms with E-state index in [2.05, 4.69) is 36.6 Å². The first-order valence-electron chi connectivity index (χ1n) is 10.2. The van der Waals surface area contributed by atoms with Gasteiger partial charge in [0.1, 0.15) is 12.2 Å². The van der Waals surface area contributed by atoms with Gasteiger partial charge in [-0.25, -0.2) is 0 Å². The maximum Gasteiger partial charge on any atom is 0.293 e. The number of anilines is 1. The van der Waals surface area contributed by atoms with E-state index in [0.717, 1.165) is 38.0 Å². The number of rotatable bonds is 10. The van der Waals surface area contributed by atoms with Crippen molar-refractivity contribution in [2.24, 2.45) is 0 Å². The molecule has 154 valence electrons. The molecule has 7 heteroatoms. The molecule has 0 radical (unpaired) electrons. The molecule has 0 aromatic heterocycles. The lowest BCUT2D eigenvalue weighted by Gasteiger charge is -2.15. The molecule has 1 amide bonds. The van der Waals surface area contributed by atoms with Crippen molar-refractivity contribution in [3.63, 3.8) is 0 Å². The van der Waals surface area contributed by atoms with Crippen molar-refractivity contribution in [3.05, 3.63) is 69.3 Å². The van der Waals surface area contributed by atoms with Gasteiger partial charge in [-0.15, -0.1) is 0 Å². The fraction of sp³-hybridized carbons (Fsp3) is 0.409.